The number of hydrogen-bond donors (Lipinski definition) is 1. The number of nitrogens with one attached hydrogen (secondary N) is 1. The molecule has 1 rings (SSSR count). The van der Waals surface area contributed by atoms with Crippen LogP contribution >= 0.6 is 0 Å². The third-order valence-corrected chi connectivity index (χ3v) is 5.10. The Bertz CT molecular complexity index is 582. The molecule has 1 N–H and O–H groups in total. The van der Waals surface area contributed by atoms with Crippen LogP contribution < -0.4 is 5.32 Å². The van der Waals surface area contributed by atoms with Crippen molar-refractivity contribution < 1.29 is 17.9 Å². The zero-order valence-corrected chi connectivity index (χ0v) is 13.6. The average Bonchev–Trinajstić information content (AvgIpc) is 2.48. The number of carbonyl (C=O) groups excluding carboxylic acids is 1. The Morgan fingerprint density at radius 1 is 1.43 bits per heavy atom. The molecule has 0 bridgehead atoms. The van der Waals surface area contributed by atoms with Crippen LogP contribution in [0.2, 0.25) is 0 Å². The van der Waals surface area contributed by atoms with Crippen LogP contribution in [0.5, 0.6) is 0 Å². The molecule has 1 unspecified atom stereocenters. The number of likely N-dealkylation sites (N-methyl/N-ethyl adjacent to an activating group) is 1. The molecular formula is C14H22N2O4S. The van der Waals surface area contributed by atoms with Crippen molar-refractivity contribution in [2.45, 2.75) is 24.3 Å². The molecule has 118 valence electrons. The van der Waals surface area contributed by atoms with Gasteiger partial charge in [-0.1, -0.05) is 19.1 Å². The highest BCUT2D eigenvalue weighted by Crippen LogP contribution is 2.21. The summed E-state index contributed by atoms with van der Waals surface area (Å²) in [6, 6.07) is 6.83. The normalized spacial score (nSPS) is 13.2. The van der Waals surface area contributed by atoms with E-state index in [0.29, 0.717) is 0 Å². The number of methoxy groups -OCH3 is 1. The number of ether oxygens (including phenoxy) is 1. The third kappa shape index (κ3) is 4.26. The maximum absolute atomic E-state index is 12.4. The highest BCUT2D eigenvalue weighted by atomic mass is 32.2. The molecule has 0 spiro atoms. The highest BCUT2D eigenvalue weighted by molar-refractivity contribution is 7.89. The zero-order valence-electron chi connectivity index (χ0n) is 12.8. The van der Waals surface area contributed by atoms with Crippen molar-refractivity contribution in [1.29, 1.82) is 0 Å². The molecule has 0 aliphatic rings. The molecule has 0 saturated heterocycles. The van der Waals surface area contributed by atoms with E-state index in [1.807, 2.05) is 20.0 Å². The molecule has 0 radical (unpaired) electrons. The molecule has 0 heterocycles. The van der Waals surface area contributed by atoms with Crippen LogP contribution in [0.15, 0.2) is 29.2 Å². The van der Waals surface area contributed by atoms with Gasteiger partial charge in [-0.05, 0) is 31.2 Å². The Morgan fingerprint density at radius 3 is 2.62 bits per heavy atom. The molecule has 0 aliphatic carbocycles. The topological polar surface area (TPSA) is 75.7 Å². The minimum absolute atomic E-state index is 0.0889. The summed E-state index contributed by atoms with van der Waals surface area (Å²) in [7, 11) is 0.700. The molecule has 21 heavy (non-hydrogen) atoms. The summed E-state index contributed by atoms with van der Waals surface area (Å²) in [5.41, 5.74) is 0.896. The van der Waals surface area contributed by atoms with Crippen molar-refractivity contribution in [2.24, 2.45) is 0 Å². The molecular weight excluding hydrogens is 292 g/mol. The molecule has 0 fully saturated rings. The van der Waals surface area contributed by atoms with Crippen LogP contribution in [-0.4, -0.2) is 46.4 Å². The largest absolute Gasteiger partial charge is 0.468 e. The predicted octanol–water partition coefficient (Wildman–Crippen LogP) is 1.15. The Balaban J connectivity index is 3.09. The quantitative estimate of drug-likeness (QED) is 0.764. The van der Waals surface area contributed by atoms with Crippen molar-refractivity contribution in [1.82, 2.24) is 9.62 Å². The van der Waals surface area contributed by atoms with E-state index < -0.39 is 16.0 Å². The Morgan fingerprint density at radius 2 is 2.10 bits per heavy atom. The van der Waals surface area contributed by atoms with Gasteiger partial charge in [-0.3, -0.25) is 4.79 Å². The monoisotopic (exact) mass is 314 g/mol. The smallest absolute Gasteiger partial charge is 0.321 e. The van der Waals surface area contributed by atoms with Gasteiger partial charge in [0.05, 0.1) is 12.0 Å². The number of rotatable bonds is 7. The molecule has 0 amide bonds. The van der Waals surface area contributed by atoms with E-state index in [0.717, 1.165) is 16.3 Å². The predicted molar refractivity (Wildman–Crippen MR) is 80.4 cm³/mol. The first-order valence-electron chi connectivity index (χ1n) is 6.67. The number of sulfonamides is 1. The van der Waals surface area contributed by atoms with Crippen molar-refractivity contribution in [3.63, 3.8) is 0 Å². The number of benzene rings is 1. The van der Waals surface area contributed by atoms with Crippen molar-refractivity contribution in [3.8, 4) is 0 Å². The van der Waals surface area contributed by atoms with Crippen molar-refractivity contribution in [3.05, 3.63) is 29.8 Å². The Labute approximate surface area is 126 Å². The first kappa shape index (κ1) is 17.6. The summed E-state index contributed by atoms with van der Waals surface area (Å²) in [6.07, 6.45) is 0.845. The standard InChI is InChI=1S/C14H22N2O4S/c1-5-13(15-2)11-7-6-8-12(9-11)21(18,19)16(3)10-14(17)20-4/h6-9,13,15H,5,10H2,1-4H3. The van der Waals surface area contributed by atoms with Gasteiger partial charge >= 0.3 is 5.97 Å². The summed E-state index contributed by atoms with van der Waals surface area (Å²) >= 11 is 0. The van der Waals surface area contributed by atoms with E-state index in [-0.39, 0.29) is 17.5 Å². The zero-order chi connectivity index (χ0) is 16.0. The van der Waals surface area contributed by atoms with Gasteiger partial charge in [0.2, 0.25) is 10.0 Å². The first-order valence-corrected chi connectivity index (χ1v) is 8.11. The lowest BCUT2D eigenvalue weighted by molar-refractivity contribution is -0.140. The van der Waals surface area contributed by atoms with Gasteiger partial charge in [0, 0.05) is 13.1 Å². The van der Waals surface area contributed by atoms with E-state index in [9.17, 15) is 13.2 Å². The Hall–Kier alpha value is -1.44. The van der Waals surface area contributed by atoms with E-state index >= 15 is 0 Å². The second-order valence-corrected chi connectivity index (χ2v) is 6.70. The lowest BCUT2D eigenvalue weighted by atomic mass is 10.1. The molecule has 0 saturated carbocycles. The van der Waals surface area contributed by atoms with E-state index in [2.05, 4.69) is 10.1 Å². The molecule has 1 aromatic carbocycles. The minimum Gasteiger partial charge on any atom is -0.468 e. The van der Waals surface area contributed by atoms with Gasteiger partial charge < -0.3 is 10.1 Å². The van der Waals surface area contributed by atoms with Crippen LogP contribution in [0.3, 0.4) is 0 Å². The summed E-state index contributed by atoms with van der Waals surface area (Å²) in [6.45, 7) is 1.71. The number of esters is 1. The van der Waals surface area contributed by atoms with Crippen molar-refractivity contribution >= 4 is 16.0 Å². The van der Waals surface area contributed by atoms with Gasteiger partial charge in [-0.15, -0.1) is 0 Å². The minimum atomic E-state index is -3.71. The molecule has 6 nitrogen and oxygen atoms in total. The van der Waals surface area contributed by atoms with Gasteiger partial charge in [-0.2, -0.15) is 4.31 Å². The van der Waals surface area contributed by atoms with Gasteiger partial charge in [0.1, 0.15) is 6.54 Å². The summed E-state index contributed by atoms with van der Waals surface area (Å²) in [5, 5.41) is 3.13. The van der Waals surface area contributed by atoms with Gasteiger partial charge in [0.25, 0.3) is 0 Å². The number of carbonyl (C=O) groups is 1. The molecule has 0 aromatic heterocycles. The fourth-order valence-electron chi connectivity index (χ4n) is 2.01. The first-order chi connectivity index (χ1) is 9.86. The van der Waals surface area contributed by atoms with Gasteiger partial charge in [-0.25, -0.2) is 8.42 Å². The van der Waals surface area contributed by atoms with Crippen LogP contribution in [0.25, 0.3) is 0 Å². The maximum atomic E-state index is 12.4. The van der Waals surface area contributed by atoms with Crippen LogP contribution in [-0.2, 0) is 19.6 Å². The van der Waals surface area contributed by atoms with Crippen LogP contribution in [0, 0.1) is 0 Å². The van der Waals surface area contributed by atoms with Gasteiger partial charge in [0.15, 0.2) is 0 Å². The van der Waals surface area contributed by atoms with E-state index in [1.54, 1.807) is 12.1 Å². The second kappa shape index (κ2) is 7.53. The van der Waals surface area contributed by atoms with E-state index in [1.165, 1.54) is 20.2 Å². The second-order valence-electron chi connectivity index (χ2n) is 4.66. The number of nitrogens with zero attached hydrogens (tertiary/aromatic N) is 1. The molecule has 7 heteroatoms. The fourth-order valence-corrected chi connectivity index (χ4v) is 3.18. The maximum Gasteiger partial charge on any atom is 0.321 e. The van der Waals surface area contributed by atoms with Crippen LogP contribution in [0.4, 0.5) is 0 Å². The Kier molecular flexibility index (Phi) is 6.32. The molecule has 1 atom stereocenters. The summed E-state index contributed by atoms with van der Waals surface area (Å²) in [5.74, 6) is -0.598. The SMILES string of the molecule is CCC(NC)c1cccc(S(=O)(=O)N(C)CC(=O)OC)c1. The highest BCUT2D eigenvalue weighted by Gasteiger charge is 2.24. The summed E-state index contributed by atoms with van der Waals surface area (Å²) < 4.78 is 30.3. The molecule has 1 aromatic rings. The van der Waals surface area contributed by atoms with Crippen molar-refractivity contribution in [2.75, 3.05) is 27.7 Å². The average molecular weight is 314 g/mol. The lowest BCUT2D eigenvalue weighted by Gasteiger charge is -2.18. The molecule has 0 aliphatic heterocycles. The number of hydrogen-bond acceptors (Lipinski definition) is 5. The van der Waals surface area contributed by atoms with E-state index in [4.69, 9.17) is 0 Å². The summed E-state index contributed by atoms with van der Waals surface area (Å²) in [4.78, 5) is 11.4. The fraction of sp³-hybridized carbons (Fsp3) is 0.500. The third-order valence-electron chi connectivity index (χ3n) is 3.30. The lowest BCUT2D eigenvalue weighted by Crippen LogP contribution is -2.32. The van der Waals surface area contributed by atoms with Crippen LogP contribution in [0.1, 0.15) is 24.9 Å².